The molecule has 3 spiro atoms. The molecule has 0 atom stereocenters. The first kappa shape index (κ1) is 16.3. The summed E-state index contributed by atoms with van der Waals surface area (Å²) >= 11 is 0. The highest BCUT2D eigenvalue weighted by Crippen LogP contribution is 2.46. The molecule has 4 rings (SSSR count). The van der Waals surface area contributed by atoms with Crippen LogP contribution in [0.5, 0.6) is 0 Å². The largest absolute Gasteiger partial charge is 0.349 e. The van der Waals surface area contributed by atoms with Crippen LogP contribution in [-0.4, -0.2) is 38.0 Å². The minimum Gasteiger partial charge on any atom is -0.349 e. The van der Waals surface area contributed by atoms with Gasteiger partial charge in [0.05, 0.1) is 31.8 Å². The summed E-state index contributed by atoms with van der Waals surface area (Å²) < 4.78 is 25.0. The van der Waals surface area contributed by atoms with E-state index in [9.17, 15) is 0 Å². The topological polar surface area (TPSA) is 36.9 Å². The van der Waals surface area contributed by atoms with Crippen molar-refractivity contribution in [1.82, 2.24) is 0 Å². The summed E-state index contributed by atoms with van der Waals surface area (Å²) in [6.45, 7) is 7.51. The van der Waals surface area contributed by atoms with Gasteiger partial charge in [0.2, 0.25) is 0 Å². The standard InChI is InChI=1S/C19H32O4/c1-15-3-7-18(8-4-15)20-11-17(12-21-18)13-22-19(23-14-17)9-5-16(2)6-10-19/h15-16H,3-14H2,1-2H3. The van der Waals surface area contributed by atoms with Crippen molar-refractivity contribution < 1.29 is 18.9 Å². The lowest BCUT2D eigenvalue weighted by Gasteiger charge is -2.53. The highest BCUT2D eigenvalue weighted by Gasteiger charge is 2.51. The molecule has 23 heavy (non-hydrogen) atoms. The lowest BCUT2D eigenvalue weighted by Crippen LogP contribution is -2.59. The molecular formula is C19H32O4. The number of rotatable bonds is 0. The molecule has 0 radical (unpaired) electrons. The van der Waals surface area contributed by atoms with E-state index < -0.39 is 0 Å². The van der Waals surface area contributed by atoms with Gasteiger partial charge in [-0.3, -0.25) is 0 Å². The first-order valence-corrected chi connectivity index (χ1v) is 9.59. The van der Waals surface area contributed by atoms with E-state index in [0.29, 0.717) is 26.4 Å². The summed E-state index contributed by atoms with van der Waals surface area (Å²) in [6.07, 6.45) is 8.98. The Balaban J connectivity index is 1.32. The van der Waals surface area contributed by atoms with Crippen LogP contribution in [0.2, 0.25) is 0 Å². The van der Waals surface area contributed by atoms with E-state index in [0.717, 1.165) is 37.5 Å². The maximum absolute atomic E-state index is 6.26. The fourth-order valence-corrected chi connectivity index (χ4v) is 4.45. The highest BCUT2D eigenvalue weighted by molar-refractivity contribution is 4.93. The monoisotopic (exact) mass is 324 g/mol. The van der Waals surface area contributed by atoms with Crippen LogP contribution in [0.3, 0.4) is 0 Å². The number of hydrogen-bond donors (Lipinski definition) is 0. The van der Waals surface area contributed by atoms with E-state index in [1.54, 1.807) is 0 Å². The van der Waals surface area contributed by atoms with Crippen LogP contribution >= 0.6 is 0 Å². The smallest absolute Gasteiger partial charge is 0.168 e. The van der Waals surface area contributed by atoms with Crippen LogP contribution in [0.1, 0.15) is 65.2 Å². The predicted octanol–water partition coefficient (Wildman–Crippen LogP) is 3.88. The third kappa shape index (κ3) is 3.20. The lowest BCUT2D eigenvalue weighted by molar-refractivity contribution is -0.377. The van der Waals surface area contributed by atoms with Gasteiger partial charge in [-0.05, 0) is 37.5 Å². The van der Waals surface area contributed by atoms with Gasteiger partial charge in [0.15, 0.2) is 11.6 Å². The van der Waals surface area contributed by atoms with Crippen molar-refractivity contribution in [3.05, 3.63) is 0 Å². The quantitative estimate of drug-likeness (QED) is 0.677. The molecule has 4 fully saturated rings. The number of ether oxygens (including phenoxy) is 4. The zero-order valence-electron chi connectivity index (χ0n) is 14.8. The van der Waals surface area contributed by atoms with E-state index in [1.807, 2.05) is 0 Å². The summed E-state index contributed by atoms with van der Waals surface area (Å²) in [5, 5.41) is 0. The van der Waals surface area contributed by atoms with Crippen molar-refractivity contribution >= 4 is 0 Å². The van der Waals surface area contributed by atoms with E-state index >= 15 is 0 Å². The zero-order valence-corrected chi connectivity index (χ0v) is 14.8. The molecule has 0 aromatic carbocycles. The van der Waals surface area contributed by atoms with Gasteiger partial charge >= 0.3 is 0 Å². The summed E-state index contributed by atoms with van der Waals surface area (Å²) in [5.74, 6) is 0.984. The van der Waals surface area contributed by atoms with Crippen LogP contribution in [0, 0.1) is 17.3 Å². The molecule has 0 unspecified atom stereocenters. The van der Waals surface area contributed by atoms with Gasteiger partial charge < -0.3 is 18.9 Å². The van der Waals surface area contributed by atoms with E-state index in [4.69, 9.17) is 18.9 Å². The molecule has 0 aromatic heterocycles. The third-order valence-electron chi connectivity index (χ3n) is 6.64. The highest BCUT2D eigenvalue weighted by atomic mass is 16.7. The zero-order chi connectivity index (χ0) is 16.0. The van der Waals surface area contributed by atoms with E-state index in [1.165, 1.54) is 25.7 Å². The molecule has 0 amide bonds. The Hall–Kier alpha value is -0.160. The maximum Gasteiger partial charge on any atom is 0.168 e. The molecule has 2 saturated carbocycles. The molecular weight excluding hydrogens is 292 g/mol. The Kier molecular flexibility index (Phi) is 4.24. The molecule has 0 aromatic rings. The molecule has 0 bridgehead atoms. The average Bonchev–Trinajstić information content (AvgIpc) is 2.59. The van der Waals surface area contributed by atoms with Gasteiger partial charge in [0.25, 0.3) is 0 Å². The van der Waals surface area contributed by atoms with Crippen molar-refractivity contribution in [1.29, 1.82) is 0 Å². The summed E-state index contributed by atoms with van der Waals surface area (Å²) in [6, 6.07) is 0. The predicted molar refractivity (Wildman–Crippen MR) is 87.0 cm³/mol. The van der Waals surface area contributed by atoms with Gasteiger partial charge in [0, 0.05) is 25.7 Å². The Morgan fingerprint density at radius 3 is 1.17 bits per heavy atom. The van der Waals surface area contributed by atoms with Crippen LogP contribution in [0.4, 0.5) is 0 Å². The summed E-state index contributed by atoms with van der Waals surface area (Å²) in [5.41, 5.74) is -0.0946. The maximum atomic E-state index is 6.26. The van der Waals surface area contributed by atoms with Gasteiger partial charge in [-0.2, -0.15) is 0 Å². The van der Waals surface area contributed by atoms with E-state index in [-0.39, 0.29) is 17.0 Å². The van der Waals surface area contributed by atoms with Crippen molar-refractivity contribution in [2.45, 2.75) is 76.8 Å². The molecule has 132 valence electrons. The SMILES string of the molecule is CC1CCC2(CC1)OCC1(CO2)COC2(CCC(C)CC2)OC1. The van der Waals surface area contributed by atoms with Crippen LogP contribution in [0.25, 0.3) is 0 Å². The van der Waals surface area contributed by atoms with Gasteiger partial charge in [0.1, 0.15) is 0 Å². The molecule has 4 aliphatic rings. The van der Waals surface area contributed by atoms with Gasteiger partial charge in [-0.25, -0.2) is 0 Å². The van der Waals surface area contributed by atoms with Crippen LogP contribution in [-0.2, 0) is 18.9 Å². The lowest BCUT2D eigenvalue weighted by atomic mass is 9.82. The normalized spacial score (nSPS) is 51.4. The van der Waals surface area contributed by atoms with Crippen molar-refractivity contribution in [2.75, 3.05) is 26.4 Å². The minimum atomic E-state index is -0.312. The second-order valence-electron chi connectivity index (χ2n) is 8.84. The molecule has 2 aliphatic carbocycles. The van der Waals surface area contributed by atoms with Crippen molar-refractivity contribution in [2.24, 2.45) is 17.3 Å². The molecule has 2 saturated heterocycles. The van der Waals surface area contributed by atoms with Crippen molar-refractivity contribution in [3.63, 3.8) is 0 Å². The third-order valence-corrected chi connectivity index (χ3v) is 6.64. The summed E-state index contributed by atoms with van der Waals surface area (Å²) in [4.78, 5) is 0. The summed E-state index contributed by atoms with van der Waals surface area (Å²) in [7, 11) is 0. The fourth-order valence-electron chi connectivity index (χ4n) is 4.45. The minimum absolute atomic E-state index is 0.0946. The first-order valence-electron chi connectivity index (χ1n) is 9.59. The molecule has 4 nitrogen and oxygen atoms in total. The Bertz CT molecular complexity index is 356. The Labute approximate surface area is 140 Å². The molecule has 2 aliphatic heterocycles. The molecule has 0 N–H and O–H groups in total. The number of hydrogen-bond acceptors (Lipinski definition) is 4. The van der Waals surface area contributed by atoms with E-state index in [2.05, 4.69) is 13.8 Å². The van der Waals surface area contributed by atoms with Crippen molar-refractivity contribution in [3.8, 4) is 0 Å². The fraction of sp³-hybridized carbons (Fsp3) is 1.00. The second kappa shape index (κ2) is 5.98. The average molecular weight is 324 g/mol. The molecule has 2 heterocycles. The Morgan fingerprint density at radius 1 is 0.565 bits per heavy atom. The van der Waals surface area contributed by atoms with Crippen LogP contribution < -0.4 is 0 Å². The second-order valence-corrected chi connectivity index (χ2v) is 8.84. The molecule has 4 heteroatoms. The van der Waals surface area contributed by atoms with Gasteiger partial charge in [-0.15, -0.1) is 0 Å². The first-order chi connectivity index (χ1) is 11.0. The van der Waals surface area contributed by atoms with Crippen LogP contribution in [0.15, 0.2) is 0 Å². The van der Waals surface area contributed by atoms with Gasteiger partial charge in [-0.1, -0.05) is 13.8 Å². The Morgan fingerprint density at radius 2 is 0.870 bits per heavy atom.